The van der Waals surface area contributed by atoms with Crippen molar-refractivity contribution in [2.24, 2.45) is 5.92 Å². The van der Waals surface area contributed by atoms with Crippen LogP contribution in [-0.4, -0.2) is 57.4 Å². The van der Waals surface area contributed by atoms with E-state index in [2.05, 4.69) is 15.3 Å². The average Bonchev–Trinajstić information content (AvgIpc) is 3.17. The van der Waals surface area contributed by atoms with Gasteiger partial charge in [0.1, 0.15) is 5.69 Å². The average molecular weight is 388 g/mol. The topological polar surface area (TPSA) is 112 Å². The van der Waals surface area contributed by atoms with Crippen LogP contribution in [0, 0.1) is 5.92 Å². The smallest absolute Gasteiger partial charge is 0.355 e. The zero-order valence-corrected chi connectivity index (χ0v) is 15.4. The van der Waals surface area contributed by atoms with Crippen molar-refractivity contribution in [1.82, 2.24) is 20.2 Å². The van der Waals surface area contributed by atoms with Gasteiger partial charge < -0.3 is 15.3 Å². The summed E-state index contributed by atoms with van der Waals surface area (Å²) in [5, 5.41) is 13.8. The number of rotatable bonds is 6. The second-order valence-electron chi connectivity index (χ2n) is 6.28. The molecule has 142 valence electrons. The minimum atomic E-state index is -1.06. The molecule has 0 spiro atoms. The first kappa shape index (κ1) is 19.0. The summed E-state index contributed by atoms with van der Waals surface area (Å²) in [7, 11) is 0. The third-order valence-electron chi connectivity index (χ3n) is 4.38. The molecular weight excluding hydrogens is 368 g/mol. The molecule has 2 N–H and O–H groups in total. The summed E-state index contributed by atoms with van der Waals surface area (Å²) < 4.78 is 0. The Kier molecular flexibility index (Phi) is 6.12. The molecule has 0 saturated carbocycles. The Balaban J connectivity index is 1.49. The van der Waals surface area contributed by atoms with Crippen molar-refractivity contribution in [1.29, 1.82) is 0 Å². The molecule has 3 heterocycles. The predicted molar refractivity (Wildman–Crippen MR) is 99.0 cm³/mol. The van der Waals surface area contributed by atoms with Crippen molar-refractivity contribution >= 4 is 29.1 Å². The van der Waals surface area contributed by atoms with Gasteiger partial charge in [-0.2, -0.15) is 0 Å². The maximum Gasteiger partial charge on any atom is 0.355 e. The Morgan fingerprint density at radius 3 is 2.85 bits per heavy atom. The molecule has 1 unspecified atom stereocenters. The minimum absolute atomic E-state index is 0.0215. The Morgan fingerprint density at radius 2 is 2.15 bits per heavy atom. The Bertz CT molecular complexity index is 824. The number of aromatic nitrogens is 2. The van der Waals surface area contributed by atoms with Crippen molar-refractivity contribution in [3.05, 3.63) is 46.2 Å². The molecule has 0 aliphatic carbocycles. The van der Waals surface area contributed by atoms with Gasteiger partial charge in [-0.1, -0.05) is 6.07 Å². The number of carbonyl (C=O) groups is 3. The number of carbonyl (C=O) groups excluding carboxylic acids is 2. The summed E-state index contributed by atoms with van der Waals surface area (Å²) in [6.07, 6.45) is 3.57. The number of ketones is 1. The van der Waals surface area contributed by atoms with Crippen LogP contribution in [0.5, 0.6) is 0 Å². The summed E-state index contributed by atoms with van der Waals surface area (Å²) in [5.74, 6) is -1.33. The number of nitrogens with zero attached hydrogens (tertiary/aromatic N) is 3. The lowest BCUT2D eigenvalue weighted by Crippen LogP contribution is -2.47. The number of Topliss-reactive ketones (excluding diaryl/α,β-unsaturated/α-hetero) is 1. The lowest BCUT2D eigenvalue weighted by Gasteiger charge is -2.31. The number of likely N-dealkylation sites (tertiary alicyclic amines) is 1. The van der Waals surface area contributed by atoms with E-state index in [4.69, 9.17) is 5.11 Å². The first-order valence-corrected chi connectivity index (χ1v) is 9.58. The summed E-state index contributed by atoms with van der Waals surface area (Å²) in [6, 6.07) is 5.02. The Hall–Kier alpha value is -2.81. The highest BCUT2D eigenvalue weighted by atomic mass is 32.1. The number of carboxylic acids is 1. The van der Waals surface area contributed by atoms with Crippen LogP contribution in [-0.2, 0) is 6.42 Å². The van der Waals surface area contributed by atoms with E-state index >= 15 is 0 Å². The number of pyridine rings is 1. The van der Waals surface area contributed by atoms with Gasteiger partial charge in [0.25, 0.3) is 0 Å². The van der Waals surface area contributed by atoms with Gasteiger partial charge in [-0.05, 0) is 25.0 Å². The molecule has 9 heteroatoms. The molecule has 1 fully saturated rings. The van der Waals surface area contributed by atoms with Gasteiger partial charge in [-0.25, -0.2) is 14.6 Å². The normalized spacial score (nSPS) is 16.7. The van der Waals surface area contributed by atoms with Crippen molar-refractivity contribution in [2.45, 2.75) is 19.3 Å². The largest absolute Gasteiger partial charge is 0.476 e. The van der Waals surface area contributed by atoms with E-state index in [1.807, 2.05) is 0 Å². The maximum absolute atomic E-state index is 12.5. The van der Waals surface area contributed by atoms with Crippen LogP contribution in [0.1, 0.15) is 38.8 Å². The fourth-order valence-corrected chi connectivity index (χ4v) is 3.78. The predicted octanol–water partition coefficient (Wildman–Crippen LogP) is 2.08. The summed E-state index contributed by atoms with van der Waals surface area (Å²) in [6.45, 7) is 1.35. The molecule has 2 aromatic rings. The number of thiazole rings is 1. The number of carboxylic acid groups (broad SMARTS) is 1. The number of piperidine rings is 1. The lowest BCUT2D eigenvalue weighted by molar-refractivity contribution is 0.0690. The van der Waals surface area contributed by atoms with Gasteiger partial charge in [0.15, 0.2) is 11.5 Å². The van der Waals surface area contributed by atoms with Gasteiger partial charge in [0.05, 0.1) is 5.01 Å². The van der Waals surface area contributed by atoms with Crippen molar-refractivity contribution in [2.75, 3.05) is 19.6 Å². The van der Waals surface area contributed by atoms with Crippen LogP contribution in [0.2, 0.25) is 0 Å². The van der Waals surface area contributed by atoms with Crippen LogP contribution in [0.4, 0.5) is 4.79 Å². The number of aromatic carboxylic acids is 1. The van der Waals surface area contributed by atoms with E-state index in [1.54, 1.807) is 29.3 Å². The number of hydrogen-bond acceptors (Lipinski definition) is 6. The molecule has 2 amide bonds. The van der Waals surface area contributed by atoms with E-state index in [0.717, 1.165) is 12.8 Å². The summed E-state index contributed by atoms with van der Waals surface area (Å²) in [4.78, 5) is 45.5. The number of hydrogen-bond donors (Lipinski definition) is 2. The monoisotopic (exact) mass is 388 g/mol. The zero-order chi connectivity index (χ0) is 19.2. The Labute approximate surface area is 160 Å². The van der Waals surface area contributed by atoms with E-state index < -0.39 is 5.97 Å². The van der Waals surface area contributed by atoms with Gasteiger partial charge in [-0.15, -0.1) is 11.3 Å². The van der Waals surface area contributed by atoms with E-state index in [-0.39, 0.29) is 23.4 Å². The van der Waals surface area contributed by atoms with E-state index in [9.17, 15) is 14.4 Å². The molecule has 1 atom stereocenters. The van der Waals surface area contributed by atoms with Gasteiger partial charge >= 0.3 is 12.0 Å². The number of amides is 2. The Morgan fingerprint density at radius 1 is 1.30 bits per heavy atom. The van der Waals surface area contributed by atoms with Crippen LogP contribution < -0.4 is 5.32 Å². The van der Waals surface area contributed by atoms with Gasteiger partial charge in [0, 0.05) is 43.5 Å². The number of urea groups is 1. The quantitative estimate of drug-likeness (QED) is 0.733. The van der Waals surface area contributed by atoms with Crippen LogP contribution >= 0.6 is 11.3 Å². The molecule has 1 aliphatic heterocycles. The first-order chi connectivity index (χ1) is 13.0. The third-order valence-corrected chi connectivity index (χ3v) is 5.29. The second kappa shape index (κ2) is 8.72. The summed E-state index contributed by atoms with van der Waals surface area (Å²) in [5.41, 5.74) is 0.455. The van der Waals surface area contributed by atoms with E-state index in [1.165, 1.54) is 16.7 Å². The van der Waals surface area contributed by atoms with Crippen LogP contribution in [0.15, 0.2) is 29.8 Å². The molecule has 0 bridgehead atoms. The standard InChI is InChI=1S/C18H20N4O4S/c23-16(13-5-1-2-7-19-13)12-4-3-9-22(10-12)18(26)20-8-6-15-21-14(11-27-15)17(24)25/h1-2,5,7,11-12H,3-4,6,8-10H2,(H,20,26)(H,24,25). The molecule has 0 aromatic carbocycles. The fourth-order valence-electron chi connectivity index (χ4n) is 3.01. The van der Waals surface area contributed by atoms with Crippen molar-refractivity contribution < 1.29 is 19.5 Å². The van der Waals surface area contributed by atoms with E-state index in [0.29, 0.717) is 36.8 Å². The molecule has 3 rings (SSSR count). The summed E-state index contributed by atoms with van der Waals surface area (Å²) >= 11 is 1.26. The SMILES string of the molecule is O=C(O)c1csc(CCNC(=O)N2CCCC(C(=O)c3ccccn3)C2)n1. The molecule has 27 heavy (non-hydrogen) atoms. The highest BCUT2D eigenvalue weighted by Gasteiger charge is 2.29. The minimum Gasteiger partial charge on any atom is -0.476 e. The van der Waals surface area contributed by atoms with Crippen LogP contribution in [0.25, 0.3) is 0 Å². The molecule has 2 aromatic heterocycles. The van der Waals surface area contributed by atoms with Crippen LogP contribution in [0.3, 0.4) is 0 Å². The second-order valence-corrected chi connectivity index (χ2v) is 7.22. The van der Waals surface area contributed by atoms with Crippen molar-refractivity contribution in [3.8, 4) is 0 Å². The molecule has 1 aliphatic rings. The number of nitrogens with one attached hydrogen (secondary N) is 1. The first-order valence-electron chi connectivity index (χ1n) is 8.70. The molecule has 0 radical (unpaired) electrons. The van der Waals surface area contributed by atoms with Crippen molar-refractivity contribution in [3.63, 3.8) is 0 Å². The maximum atomic E-state index is 12.5. The highest BCUT2D eigenvalue weighted by Crippen LogP contribution is 2.20. The molecule has 8 nitrogen and oxygen atoms in total. The zero-order valence-electron chi connectivity index (χ0n) is 14.6. The van der Waals surface area contributed by atoms with Gasteiger partial charge in [-0.3, -0.25) is 9.78 Å². The highest BCUT2D eigenvalue weighted by molar-refractivity contribution is 7.09. The molecule has 1 saturated heterocycles. The third kappa shape index (κ3) is 4.88. The lowest BCUT2D eigenvalue weighted by atomic mass is 9.92. The van der Waals surface area contributed by atoms with Gasteiger partial charge in [0.2, 0.25) is 0 Å². The molecular formula is C18H20N4O4S. The fraction of sp³-hybridized carbons (Fsp3) is 0.389.